The van der Waals surface area contributed by atoms with Gasteiger partial charge in [0.05, 0.1) is 0 Å². The average Bonchev–Trinajstić information content (AvgIpc) is 3.35. The third-order valence-corrected chi connectivity index (χ3v) is 5.41. The number of amides is 1. The third-order valence-electron chi connectivity index (χ3n) is 5.16. The minimum absolute atomic E-state index is 0.224. The van der Waals surface area contributed by atoms with Gasteiger partial charge in [-0.2, -0.15) is 0 Å². The van der Waals surface area contributed by atoms with Gasteiger partial charge in [-0.25, -0.2) is 0 Å². The molecule has 6 heteroatoms. The van der Waals surface area contributed by atoms with Gasteiger partial charge >= 0.3 is 0 Å². The highest BCUT2D eigenvalue weighted by atomic mass is 35.5. The van der Waals surface area contributed by atoms with E-state index in [2.05, 4.69) is 5.32 Å². The van der Waals surface area contributed by atoms with Gasteiger partial charge in [0.1, 0.15) is 11.2 Å². The molecule has 0 aliphatic carbocycles. The number of fused-ring (bicyclic) bond motifs is 2. The van der Waals surface area contributed by atoms with E-state index < -0.39 is 0 Å². The third kappa shape index (κ3) is 3.49. The summed E-state index contributed by atoms with van der Waals surface area (Å²) in [6.07, 6.45) is 0. The van der Waals surface area contributed by atoms with Crippen molar-refractivity contribution in [1.82, 2.24) is 0 Å². The molecular formula is C25H16ClNO4. The number of aryl methyl sites for hydroxylation is 1. The molecule has 0 bridgehead atoms. The van der Waals surface area contributed by atoms with Crippen LogP contribution in [0.25, 0.3) is 21.9 Å². The molecule has 0 saturated carbocycles. The Balaban J connectivity index is 1.44. The van der Waals surface area contributed by atoms with Crippen LogP contribution in [0.1, 0.15) is 32.2 Å². The largest absolute Gasteiger partial charge is 0.452 e. The van der Waals surface area contributed by atoms with Crippen LogP contribution in [0.3, 0.4) is 0 Å². The van der Waals surface area contributed by atoms with Crippen molar-refractivity contribution < 1.29 is 18.4 Å². The number of carbonyl (C=O) groups excluding carboxylic acids is 2. The Labute approximate surface area is 182 Å². The van der Waals surface area contributed by atoms with Crippen LogP contribution in [-0.2, 0) is 0 Å². The first-order chi connectivity index (χ1) is 15.0. The zero-order valence-electron chi connectivity index (χ0n) is 16.4. The van der Waals surface area contributed by atoms with Gasteiger partial charge in [-0.05, 0) is 61.5 Å². The molecular weight excluding hydrogens is 414 g/mol. The number of rotatable bonds is 4. The van der Waals surface area contributed by atoms with Crippen LogP contribution in [0.4, 0.5) is 5.69 Å². The molecule has 2 aromatic heterocycles. The van der Waals surface area contributed by atoms with Crippen LogP contribution < -0.4 is 5.32 Å². The zero-order valence-corrected chi connectivity index (χ0v) is 17.2. The summed E-state index contributed by atoms with van der Waals surface area (Å²) in [5.74, 6) is -0.0886. The van der Waals surface area contributed by atoms with Crippen molar-refractivity contribution >= 4 is 50.9 Å². The summed E-state index contributed by atoms with van der Waals surface area (Å²) in [4.78, 5) is 25.5. The van der Waals surface area contributed by atoms with Crippen molar-refractivity contribution in [2.45, 2.75) is 6.92 Å². The number of halogens is 1. The Hall–Kier alpha value is -3.83. The maximum atomic E-state index is 12.9. The summed E-state index contributed by atoms with van der Waals surface area (Å²) < 4.78 is 11.4. The van der Waals surface area contributed by atoms with Crippen LogP contribution in [0, 0.1) is 6.92 Å². The highest BCUT2D eigenvalue weighted by Gasteiger charge is 2.20. The van der Waals surface area contributed by atoms with E-state index in [1.165, 1.54) is 0 Å². The predicted octanol–water partition coefficient (Wildman–Crippen LogP) is 6.62. The first-order valence-corrected chi connectivity index (χ1v) is 10.0. The van der Waals surface area contributed by atoms with Gasteiger partial charge in [-0.1, -0.05) is 29.8 Å². The van der Waals surface area contributed by atoms with E-state index in [1.807, 2.05) is 31.2 Å². The molecule has 0 fully saturated rings. The smallest absolute Gasteiger partial charge is 0.291 e. The lowest BCUT2D eigenvalue weighted by Gasteiger charge is -2.03. The summed E-state index contributed by atoms with van der Waals surface area (Å²) in [5.41, 5.74) is 2.99. The van der Waals surface area contributed by atoms with Crippen LogP contribution in [0.2, 0.25) is 5.02 Å². The summed E-state index contributed by atoms with van der Waals surface area (Å²) in [6.45, 7) is 1.82. The standard InChI is InChI=1S/C25H16ClNO4/c1-14-19-13-18(27-25(29)22-12-16-4-2-3-5-20(16)30-22)10-11-21(19)31-24(14)23(28)15-6-8-17(26)9-7-15/h2-13H,1H3,(H,27,29). The van der Waals surface area contributed by atoms with Gasteiger partial charge in [-0.15, -0.1) is 0 Å². The van der Waals surface area contributed by atoms with Crippen LogP contribution in [0.5, 0.6) is 0 Å². The Bertz CT molecular complexity index is 1430. The molecule has 0 unspecified atom stereocenters. The summed E-state index contributed by atoms with van der Waals surface area (Å²) in [7, 11) is 0. The molecule has 0 atom stereocenters. The van der Waals surface area contributed by atoms with Crippen molar-refractivity contribution in [3.05, 3.63) is 100 Å². The van der Waals surface area contributed by atoms with Gasteiger partial charge in [0.25, 0.3) is 5.91 Å². The molecule has 5 rings (SSSR count). The average molecular weight is 430 g/mol. The predicted molar refractivity (Wildman–Crippen MR) is 120 cm³/mol. The Morgan fingerprint density at radius 1 is 0.871 bits per heavy atom. The quantitative estimate of drug-likeness (QED) is 0.325. The summed E-state index contributed by atoms with van der Waals surface area (Å²) >= 11 is 5.91. The summed E-state index contributed by atoms with van der Waals surface area (Å²) in [5, 5.41) is 5.01. The first-order valence-electron chi connectivity index (χ1n) is 9.63. The lowest BCUT2D eigenvalue weighted by molar-refractivity contribution is 0.0995. The van der Waals surface area contributed by atoms with E-state index >= 15 is 0 Å². The van der Waals surface area contributed by atoms with Crippen molar-refractivity contribution in [3.63, 3.8) is 0 Å². The number of benzene rings is 3. The molecule has 5 nitrogen and oxygen atoms in total. The maximum absolute atomic E-state index is 12.9. The number of carbonyl (C=O) groups is 2. The second-order valence-electron chi connectivity index (χ2n) is 7.21. The summed E-state index contributed by atoms with van der Waals surface area (Å²) in [6, 6.07) is 21.0. The van der Waals surface area contributed by atoms with Crippen molar-refractivity contribution in [1.29, 1.82) is 0 Å². The number of anilines is 1. The van der Waals surface area contributed by atoms with Gasteiger partial charge in [0, 0.05) is 32.6 Å². The number of hydrogen-bond acceptors (Lipinski definition) is 4. The molecule has 1 N–H and O–H groups in total. The van der Waals surface area contributed by atoms with Crippen molar-refractivity contribution in [2.75, 3.05) is 5.32 Å². The lowest BCUT2D eigenvalue weighted by atomic mass is 10.0. The molecule has 0 aliphatic rings. The molecule has 31 heavy (non-hydrogen) atoms. The minimum atomic E-state index is -0.353. The maximum Gasteiger partial charge on any atom is 0.291 e. The molecule has 0 aliphatic heterocycles. The second-order valence-corrected chi connectivity index (χ2v) is 7.64. The lowest BCUT2D eigenvalue weighted by Crippen LogP contribution is -2.10. The van der Waals surface area contributed by atoms with Crippen LogP contribution in [-0.4, -0.2) is 11.7 Å². The van der Waals surface area contributed by atoms with Gasteiger partial charge in [0.2, 0.25) is 5.78 Å². The molecule has 0 saturated heterocycles. The van der Waals surface area contributed by atoms with E-state index in [0.717, 1.165) is 10.8 Å². The first kappa shape index (κ1) is 19.2. The molecule has 0 radical (unpaired) electrons. The highest BCUT2D eigenvalue weighted by Crippen LogP contribution is 2.30. The van der Waals surface area contributed by atoms with Crippen molar-refractivity contribution in [3.8, 4) is 0 Å². The number of para-hydroxylation sites is 1. The highest BCUT2D eigenvalue weighted by molar-refractivity contribution is 6.30. The van der Waals surface area contributed by atoms with E-state index in [0.29, 0.717) is 33.0 Å². The molecule has 5 aromatic rings. The minimum Gasteiger partial charge on any atom is -0.452 e. The monoisotopic (exact) mass is 429 g/mol. The Morgan fingerprint density at radius 3 is 2.42 bits per heavy atom. The fraction of sp³-hybridized carbons (Fsp3) is 0.0400. The van der Waals surface area contributed by atoms with Crippen molar-refractivity contribution in [2.24, 2.45) is 0 Å². The number of furan rings is 2. The fourth-order valence-electron chi connectivity index (χ4n) is 3.53. The number of ketones is 1. The van der Waals surface area contributed by atoms with Crippen LogP contribution in [0.15, 0.2) is 81.6 Å². The topological polar surface area (TPSA) is 72.5 Å². The SMILES string of the molecule is Cc1c(C(=O)c2ccc(Cl)cc2)oc2ccc(NC(=O)c3cc4ccccc4o3)cc12. The van der Waals surface area contributed by atoms with E-state index in [-0.39, 0.29) is 23.2 Å². The molecule has 3 aromatic carbocycles. The van der Waals surface area contributed by atoms with E-state index in [1.54, 1.807) is 48.5 Å². The Morgan fingerprint density at radius 2 is 1.65 bits per heavy atom. The molecule has 1 amide bonds. The fourth-order valence-corrected chi connectivity index (χ4v) is 3.66. The van der Waals surface area contributed by atoms with E-state index in [4.69, 9.17) is 20.4 Å². The number of hydrogen-bond donors (Lipinski definition) is 1. The van der Waals surface area contributed by atoms with E-state index in [9.17, 15) is 9.59 Å². The second kappa shape index (κ2) is 7.45. The van der Waals surface area contributed by atoms with Gasteiger partial charge in [-0.3, -0.25) is 9.59 Å². The molecule has 152 valence electrons. The zero-order chi connectivity index (χ0) is 21.5. The normalized spacial score (nSPS) is 11.2. The van der Waals surface area contributed by atoms with Crippen LogP contribution >= 0.6 is 11.6 Å². The Kier molecular flexibility index (Phi) is 4.60. The van der Waals surface area contributed by atoms with Gasteiger partial charge in [0.15, 0.2) is 11.5 Å². The molecule has 0 spiro atoms. The van der Waals surface area contributed by atoms with Gasteiger partial charge < -0.3 is 14.2 Å². The molecule has 2 heterocycles. The number of nitrogens with one attached hydrogen (secondary N) is 1.